The number of halogens is 1. The number of nitrogen functional groups attached to an aromatic ring is 1. The summed E-state index contributed by atoms with van der Waals surface area (Å²) >= 11 is 1.54. The summed E-state index contributed by atoms with van der Waals surface area (Å²) in [4.78, 5) is 11.5. The first-order chi connectivity index (χ1) is 7.74. The van der Waals surface area contributed by atoms with Crippen LogP contribution in [-0.4, -0.2) is 21.9 Å². The highest BCUT2D eigenvalue weighted by Gasteiger charge is 2.04. The Bertz CT molecular complexity index is 446. The van der Waals surface area contributed by atoms with Crippen LogP contribution in [0.5, 0.6) is 0 Å². The fourth-order valence-electron chi connectivity index (χ4n) is 1.52. The van der Waals surface area contributed by atoms with E-state index in [1.54, 1.807) is 6.20 Å². The molecule has 0 bridgehead atoms. The maximum absolute atomic E-state index is 5.59. The Kier molecular flexibility index (Phi) is 5.34. The Labute approximate surface area is 111 Å². The molecule has 2 aromatic heterocycles. The lowest BCUT2D eigenvalue weighted by Gasteiger charge is -2.14. The van der Waals surface area contributed by atoms with Gasteiger partial charge >= 0.3 is 0 Å². The Balaban J connectivity index is 0.00000144. The molecule has 2 heterocycles. The van der Waals surface area contributed by atoms with Gasteiger partial charge in [-0.3, -0.25) is 9.88 Å². The van der Waals surface area contributed by atoms with Crippen molar-refractivity contribution in [3.05, 3.63) is 41.2 Å². The van der Waals surface area contributed by atoms with Crippen molar-refractivity contribution >= 4 is 28.9 Å². The first-order valence-electron chi connectivity index (χ1n) is 5.01. The van der Waals surface area contributed by atoms with E-state index in [2.05, 4.69) is 28.0 Å². The number of aromatic nitrogens is 2. The molecule has 0 radical (unpaired) electrons. The van der Waals surface area contributed by atoms with Crippen LogP contribution in [0, 0.1) is 0 Å². The molecular weight excluding hydrogens is 256 g/mol. The van der Waals surface area contributed by atoms with Gasteiger partial charge in [0.05, 0.1) is 0 Å². The van der Waals surface area contributed by atoms with Gasteiger partial charge in [0, 0.05) is 36.6 Å². The van der Waals surface area contributed by atoms with E-state index in [0.717, 1.165) is 13.1 Å². The highest BCUT2D eigenvalue weighted by Crippen LogP contribution is 2.16. The van der Waals surface area contributed by atoms with E-state index >= 15 is 0 Å². The van der Waals surface area contributed by atoms with Crippen molar-refractivity contribution in [2.45, 2.75) is 13.1 Å². The number of nitrogens with zero attached hydrogens (tertiary/aromatic N) is 3. The Morgan fingerprint density at radius 2 is 2.18 bits per heavy atom. The lowest BCUT2D eigenvalue weighted by Crippen LogP contribution is -2.16. The minimum atomic E-state index is 0. The fourth-order valence-corrected chi connectivity index (χ4v) is 2.29. The molecule has 4 nitrogen and oxygen atoms in total. The summed E-state index contributed by atoms with van der Waals surface area (Å²) in [5, 5.41) is 0.629. The molecule has 0 aliphatic heterocycles. The maximum Gasteiger partial charge on any atom is 0.180 e. The van der Waals surface area contributed by atoms with Crippen LogP contribution in [0.4, 0.5) is 5.13 Å². The minimum Gasteiger partial charge on any atom is -0.375 e. The van der Waals surface area contributed by atoms with Gasteiger partial charge in [0.25, 0.3) is 0 Å². The third-order valence-electron chi connectivity index (χ3n) is 2.17. The minimum absolute atomic E-state index is 0. The van der Waals surface area contributed by atoms with Crippen molar-refractivity contribution in [2.75, 3.05) is 12.8 Å². The van der Waals surface area contributed by atoms with E-state index in [-0.39, 0.29) is 12.4 Å². The van der Waals surface area contributed by atoms with Crippen LogP contribution in [0.3, 0.4) is 0 Å². The number of anilines is 1. The van der Waals surface area contributed by atoms with Gasteiger partial charge in [-0.1, -0.05) is 6.07 Å². The second-order valence-corrected chi connectivity index (χ2v) is 4.85. The maximum atomic E-state index is 5.59. The summed E-state index contributed by atoms with van der Waals surface area (Å²) in [6.45, 7) is 1.75. The summed E-state index contributed by atoms with van der Waals surface area (Å²) in [7, 11) is 2.07. The molecule has 2 aromatic rings. The van der Waals surface area contributed by atoms with Crippen molar-refractivity contribution in [2.24, 2.45) is 0 Å². The number of thiazole rings is 1. The molecule has 0 atom stereocenters. The quantitative estimate of drug-likeness (QED) is 0.925. The molecule has 0 aliphatic carbocycles. The number of pyridine rings is 1. The molecule has 0 amide bonds. The van der Waals surface area contributed by atoms with Crippen molar-refractivity contribution in [1.82, 2.24) is 14.9 Å². The van der Waals surface area contributed by atoms with Crippen LogP contribution in [-0.2, 0) is 13.1 Å². The summed E-state index contributed by atoms with van der Waals surface area (Å²) in [5.74, 6) is 0. The van der Waals surface area contributed by atoms with Crippen molar-refractivity contribution in [3.63, 3.8) is 0 Å². The van der Waals surface area contributed by atoms with Gasteiger partial charge in [0.2, 0.25) is 0 Å². The van der Waals surface area contributed by atoms with Crippen LogP contribution in [0.2, 0.25) is 0 Å². The molecule has 0 saturated heterocycles. The highest BCUT2D eigenvalue weighted by atomic mass is 35.5. The summed E-state index contributed by atoms with van der Waals surface area (Å²) in [6, 6.07) is 4.03. The first kappa shape index (κ1) is 13.9. The predicted molar refractivity (Wildman–Crippen MR) is 73.2 cm³/mol. The zero-order valence-corrected chi connectivity index (χ0v) is 11.2. The molecule has 2 rings (SSSR count). The molecule has 0 aromatic carbocycles. The summed E-state index contributed by atoms with van der Waals surface area (Å²) in [5.41, 5.74) is 6.80. The standard InChI is InChI=1S/C11H14N4S.ClH/c1-15(7-9-3-2-4-13-5-9)8-10-6-14-11(12)16-10;/h2-6H,7-8H2,1H3,(H2,12,14);1H. The Morgan fingerprint density at radius 1 is 1.35 bits per heavy atom. The molecule has 0 saturated carbocycles. The van der Waals surface area contributed by atoms with E-state index < -0.39 is 0 Å². The number of hydrogen-bond acceptors (Lipinski definition) is 5. The number of rotatable bonds is 4. The second-order valence-electron chi connectivity index (χ2n) is 3.70. The fraction of sp³-hybridized carbons (Fsp3) is 0.273. The Hall–Kier alpha value is -1.17. The van der Waals surface area contributed by atoms with E-state index in [1.807, 2.05) is 18.5 Å². The molecular formula is C11H15ClN4S. The van der Waals surface area contributed by atoms with Gasteiger partial charge in [-0.15, -0.1) is 23.7 Å². The van der Waals surface area contributed by atoms with Gasteiger partial charge in [0.1, 0.15) is 0 Å². The first-order valence-corrected chi connectivity index (χ1v) is 5.83. The molecule has 0 fully saturated rings. The normalized spacial score (nSPS) is 10.2. The second kappa shape index (κ2) is 6.54. The van der Waals surface area contributed by atoms with Crippen LogP contribution in [0.1, 0.15) is 10.4 Å². The third-order valence-corrected chi connectivity index (χ3v) is 2.98. The Morgan fingerprint density at radius 3 is 2.76 bits per heavy atom. The average molecular weight is 271 g/mol. The largest absolute Gasteiger partial charge is 0.375 e. The SMILES string of the molecule is CN(Cc1cccnc1)Cc1cnc(N)s1.Cl. The van der Waals surface area contributed by atoms with E-state index in [9.17, 15) is 0 Å². The number of nitrogens with two attached hydrogens (primary N) is 1. The molecule has 92 valence electrons. The van der Waals surface area contributed by atoms with E-state index in [1.165, 1.54) is 21.8 Å². The van der Waals surface area contributed by atoms with Gasteiger partial charge in [-0.25, -0.2) is 4.98 Å². The zero-order valence-electron chi connectivity index (χ0n) is 9.54. The molecule has 6 heteroatoms. The topological polar surface area (TPSA) is 55.0 Å². The zero-order chi connectivity index (χ0) is 11.4. The van der Waals surface area contributed by atoms with E-state index in [4.69, 9.17) is 5.73 Å². The van der Waals surface area contributed by atoms with Crippen LogP contribution in [0.15, 0.2) is 30.7 Å². The predicted octanol–water partition coefficient (Wildman–Crippen LogP) is 2.17. The van der Waals surface area contributed by atoms with Crippen molar-refractivity contribution in [1.29, 1.82) is 0 Å². The van der Waals surface area contributed by atoms with Gasteiger partial charge < -0.3 is 5.73 Å². The summed E-state index contributed by atoms with van der Waals surface area (Å²) < 4.78 is 0. The average Bonchev–Trinajstić information content (AvgIpc) is 2.65. The lowest BCUT2D eigenvalue weighted by molar-refractivity contribution is 0.321. The van der Waals surface area contributed by atoms with Crippen molar-refractivity contribution in [3.8, 4) is 0 Å². The molecule has 0 unspecified atom stereocenters. The molecule has 0 spiro atoms. The third kappa shape index (κ3) is 4.30. The lowest BCUT2D eigenvalue weighted by atomic mass is 10.3. The smallest absolute Gasteiger partial charge is 0.180 e. The van der Waals surface area contributed by atoms with Gasteiger partial charge in [-0.2, -0.15) is 0 Å². The van der Waals surface area contributed by atoms with E-state index in [0.29, 0.717) is 5.13 Å². The van der Waals surface area contributed by atoms with Crippen LogP contribution < -0.4 is 5.73 Å². The monoisotopic (exact) mass is 270 g/mol. The van der Waals surface area contributed by atoms with Gasteiger partial charge in [0.15, 0.2) is 5.13 Å². The molecule has 2 N–H and O–H groups in total. The summed E-state index contributed by atoms with van der Waals surface area (Å²) in [6.07, 6.45) is 5.50. The van der Waals surface area contributed by atoms with Crippen LogP contribution >= 0.6 is 23.7 Å². The highest BCUT2D eigenvalue weighted by molar-refractivity contribution is 7.15. The molecule has 17 heavy (non-hydrogen) atoms. The van der Waals surface area contributed by atoms with Crippen molar-refractivity contribution < 1.29 is 0 Å². The molecule has 0 aliphatic rings. The van der Waals surface area contributed by atoms with Crippen LogP contribution in [0.25, 0.3) is 0 Å². The van der Waals surface area contributed by atoms with Gasteiger partial charge in [-0.05, 0) is 18.7 Å². The number of hydrogen-bond donors (Lipinski definition) is 1.